The molecule has 0 radical (unpaired) electrons. The molecule has 0 atom stereocenters. The maximum Gasteiger partial charge on any atom is 0.164 e. The summed E-state index contributed by atoms with van der Waals surface area (Å²) in [4.78, 5) is 32.6. The van der Waals surface area contributed by atoms with E-state index in [1.54, 1.807) is 0 Å². The zero-order valence-corrected chi connectivity index (χ0v) is 71.2. The number of hydrogen-bond acceptors (Lipinski definition) is 7. The third-order valence-corrected chi connectivity index (χ3v) is 27.0. The van der Waals surface area contributed by atoms with E-state index in [4.69, 9.17) is 34.3 Å². The number of hydrogen-bond donors (Lipinski definition) is 0. The molecule has 9 nitrogen and oxygen atoms in total. The van der Waals surface area contributed by atoms with Gasteiger partial charge in [0.25, 0.3) is 0 Å². The Hall–Kier alpha value is -16.6. The molecule has 0 fully saturated rings. The lowest BCUT2D eigenvalue weighted by atomic mass is 9.82. The molecule has 2 aliphatic rings. The fourth-order valence-corrected chi connectivity index (χ4v) is 20.5. The van der Waals surface area contributed by atoms with Crippen LogP contribution in [0.4, 0.5) is 0 Å². The summed E-state index contributed by atoms with van der Waals surface area (Å²) in [6, 6.07) is 149. The molecular formula is C120H80N8O. The second kappa shape index (κ2) is 29.5. The van der Waals surface area contributed by atoms with Gasteiger partial charge in [0.05, 0.1) is 27.8 Å². The molecule has 606 valence electrons. The number of aromatic nitrogens is 8. The summed E-state index contributed by atoms with van der Waals surface area (Å²) in [5.41, 5.74) is 36.2. The summed E-state index contributed by atoms with van der Waals surface area (Å²) >= 11 is 0. The first-order chi connectivity index (χ1) is 63.4. The molecular weight excluding hydrogens is 1570 g/mol. The largest absolute Gasteiger partial charge is 0.455 e. The van der Waals surface area contributed by atoms with Crippen LogP contribution in [0, 0.1) is 0 Å². The monoisotopic (exact) mass is 1650 g/mol. The Morgan fingerprint density at radius 1 is 0.194 bits per heavy atom. The third kappa shape index (κ3) is 12.4. The van der Waals surface area contributed by atoms with Crippen molar-refractivity contribution in [3.05, 3.63) is 435 Å². The molecule has 25 rings (SSSR count). The smallest absolute Gasteiger partial charge is 0.164 e. The van der Waals surface area contributed by atoms with Gasteiger partial charge in [-0.15, -0.1) is 0 Å². The minimum Gasteiger partial charge on any atom is -0.455 e. The Bertz CT molecular complexity index is 8540. The van der Waals surface area contributed by atoms with Crippen LogP contribution in [-0.2, 0) is 10.8 Å². The van der Waals surface area contributed by atoms with Crippen LogP contribution in [0.2, 0.25) is 0 Å². The van der Waals surface area contributed by atoms with Gasteiger partial charge in [0, 0.05) is 93.3 Å². The van der Waals surface area contributed by atoms with E-state index in [2.05, 4.69) is 419 Å². The molecule has 0 saturated heterocycles. The van der Waals surface area contributed by atoms with Gasteiger partial charge in [-0.3, -0.25) is 0 Å². The summed E-state index contributed by atoms with van der Waals surface area (Å²) in [7, 11) is 0. The SMILES string of the molecule is CC1(C)c2ccc(-c3cccc(-c4cccc(-c5nc(-c6cccc(-c7ccccc7)c6)nc(-c6ccc(-c7ccccc7)c(-n7c8ccccc8c8cc9c(cc87)C(C)(C)c7ccccc7-9)c6)n5)c4)c3)cc2-c2cc3c4ccccc4n(-c4cc(-c5ccccc5)cc(-c5nc(-c6ccccc6)nc(-c6ccc(-c7cccc8c7oc7ccccc78)cc6)n5)c4)c3cc21. The van der Waals surface area contributed by atoms with Crippen molar-refractivity contribution in [3.63, 3.8) is 0 Å². The van der Waals surface area contributed by atoms with Crippen molar-refractivity contribution >= 4 is 65.6 Å². The third-order valence-electron chi connectivity index (χ3n) is 27.0. The Kier molecular flexibility index (Phi) is 17.2. The van der Waals surface area contributed by atoms with Crippen LogP contribution in [0.3, 0.4) is 0 Å². The first-order valence-corrected chi connectivity index (χ1v) is 44.2. The summed E-state index contributed by atoms with van der Waals surface area (Å²) in [6.45, 7) is 9.49. The van der Waals surface area contributed by atoms with Crippen LogP contribution in [0.1, 0.15) is 49.9 Å². The van der Waals surface area contributed by atoms with E-state index in [0.717, 1.165) is 161 Å². The summed E-state index contributed by atoms with van der Waals surface area (Å²) in [5, 5.41) is 6.92. The zero-order chi connectivity index (χ0) is 85.7. The van der Waals surface area contributed by atoms with Crippen molar-refractivity contribution in [1.82, 2.24) is 39.0 Å². The highest BCUT2D eigenvalue weighted by Crippen LogP contribution is 2.55. The number of benzene rings is 18. The Morgan fingerprint density at radius 3 is 1.17 bits per heavy atom. The summed E-state index contributed by atoms with van der Waals surface area (Å²) in [5.74, 6) is 3.45. The minimum atomic E-state index is -0.349. The van der Waals surface area contributed by atoms with Gasteiger partial charge >= 0.3 is 0 Å². The lowest BCUT2D eigenvalue weighted by Gasteiger charge is -2.22. The highest BCUT2D eigenvalue weighted by atomic mass is 16.3. The molecule has 0 saturated carbocycles. The normalized spacial score (nSPS) is 12.9. The van der Waals surface area contributed by atoms with Crippen LogP contribution in [0.15, 0.2) is 417 Å². The zero-order valence-electron chi connectivity index (χ0n) is 71.2. The quantitative estimate of drug-likeness (QED) is 0.107. The van der Waals surface area contributed by atoms with Crippen LogP contribution in [0.5, 0.6) is 0 Å². The highest BCUT2D eigenvalue weighted by molar-refractivity contribution is 6.15. The molecule has 5 aromatic heterocycles. The van der Waals surface area contributed by atoms with E-state index < -0.39 is 0 Å². The van der Waals surface area contributed by atoms with Crippen molar-refractivity contribution in [2.45, 2.75) is 38.5 Å². The number of para-hydroxylation sites is 4. The summed E-state index contributed by atoms with van der Waals surface area (Å²) in [6.07, 6.45) is 0. The van der Waals surface area contributed by atoms with Gasteiger partial charge in [-0.2, -0.15) is 0 Å². The fraction of sp³-hybridized carbons (Fsp3) is 0.0500. The Labute approximate surface area is 746 Å². The molecule has 129 heavy (non-hydrogen) atoms. The predicted octanol–water partition coefficient (Wildman–Crippen LogP) is 30.8. The van der Waals surface area contributed by atoms with Crippen molar-refractivity contribution in [3.8, 4) is 169 Å². The molecule has 2 aliphatic carbocycles. The van der Waals surface area contributed by atoms with Gasteiger partial charge in [0.1, 0.15) is 11.2 Å². The molecule has 18 aromatic carbocycles. The van der Waals surface area contributed by atoms with Crippen molar-refractivity contribution in [2.75, 3.05) is 0 Å². The first-order valence-electron chi connectivity index (χ1n) is 44.2. The standard InChI is InChI=1S/C120H80N8O/c1-119(2)102-49-21-17-43-92(102)98-69-101-94-45-19-23-51-107(94)128(110(101)72-104(98)119)108-68-86(57-59-90(108)75-33-13-7-14-34-75)117-125-115(84-41-26-37-79(62-84)73-29-9-5-10-30-73)124-116(126-117)85-42-27-40-82(63-85)80-38-25-39-81(61-80)83-58-60-103-97(67-83)99-70-100-93-44-18-22-50-106(93)127(109(100)71-105(99)120(103,3)4)89-65-87(74-31-11-6-12-32-74)64-88(66-89)118-122-113(77-35-15-8-16-36-77)121-114(123-118)78-55-53-76(54-56-78)91-47-28-48-96-95-46-20-24-52-111(95)129-112(91)96/h5-72H,1-4H3. The van der Waals surface area contributed by atoms with Gasteiger partial charge in [0.2, 0.25) is 0 Å². The van der Waals surface area contributed by atoms with Gasteiger partial charge in [-0.05, 0) is 191 Å². The first kappa shape index (κ1) is 75.0. The topological polar surface area (TPSA) is 100 Å². The molecule has 0 amide bonds. The Morgan fingerprint density at radius 2 is 0.558 bits per heavy atom. The van der Waals surface area contributed by atoms with E-state index in [-0.39, 0.29) is 10.8 Å². The fourth-order valence-electron chi connectivity index (χ4n) is 20.5. The molecule has 0 aliphatic heterocycles. The van der Waals surface area contributed by atoms with Gasteiger partial charge in [-0.1, -0.05) is 349 Å². The van der Waals surface area contributed by atoms with Gasteiger partial charge in [0.15, 0.2) is 34.9 Å². The van der Waals surface area contributed by atoms with E-state index in [1.807, 2.05) is 30.3 Å². The Balaban J connectivity index is 0.584. The van der Waals surface area contributed by atoms with Gasteiger partial charge < -0.3 is 13.6 Å². The number of furan rings is 1. The van der Waals surface area contributed by atoms with Crippen LogP contribution in [-0.4, -0.2) is 39.0 Å². The van der Waals surface area contributed by atoms with Crippen molar-refractivity contribution in [1.29, 1.82) is 0 Å². The molecule has 5 heterocycles. The molecule has 0 N–H and O–H groups in total. The maximum atomic E-state index is 6.51. The average Bonchev–Trinajstić information content (AvgIpc) is 1.56. The van der Waals surface area contributed by atoms with Crippen molar-refractivity contribution in [2.24, 2.45) is 0 Å². The molecule has 0 bridgehead atoms. The number of rotatable bonds is 14. The molecule has 23 aromatic rings. The van der Waals surface area contributed by atoms with Crippen LogP contribution < -0.4 is 0 Å². The second-order valence-electron chi connectivity index (χ2n) is 35.3. The maximum absolute atomic E-state index is 6.51. The van der Waals surface area contributed by atoms with E-state index in [0.29, 0.717) is 34.9 Å². The highest BCUT2D eigenvalue weighted by Gasteiger charge is 2.39. The summed E-state index contributed by atoms with van der Waals surface area (Å²) < 4.78 is 11.4. The minimum absolute atomic E-state index is 0.208. The molecule has 0 spiro atoms. The van der Waals surface area contributed by atoms with E-state index >= 15 is 0 Å². The average molecular weight is 1650 g/mol. The van der Waals surface area contributed by atoms with Crippen LogP contribution in [0.25, 0.3) is 234 Å². The lowest BCUT2D eigenvalue weighted by molar-refractivity contribution is 0.661. The second-order valence-corrected chi connectivity index (χ2v) is 35.3. The van der Waals surface area contributed by atoms with Crippen LogP contribution >= 0.6 is 0 Å². The molecule has 0 unspecified atom stereocenters. The number of fused-ring (bicyclic) bond motifs is 15. The number of nitrogens with zero attached hydrogens (tertiary/aromatic N) is 8. The van der Waals surface area contributed by atoms with Crippen molar-refractivity contribution < 1.29 is 4.42 Å². The van der Waals surface area contributed by atoms with E-state index in [1.165, 1.54) is 60.7 Å². The predicted molar refractivity (Wildman–Crippen MR) is 530 cm³/mol. The van der Waals surface area contributed by atoms with Gasteiger partial charge in [-0.25, -0.2) is 29.9 Å². The lowest BCUT2D eigenvalue weighted by Crippen LogP contribution is -2.15. The molecule has 9 heteroatoms. The van der Waals surface area contributed by atoms with E-state index in [9.17, 15) is 0 Å².